The van der Waals surface area contributed by atoms with Crippen molar-refractivity contribution in [2.24, 2.45) is 17.6 Å². The number of nitrogens with one attached hydrogen (secondary N) is 1. The third-order valence-electron chi connectivity index (χ3n) is 2.75. The van der Waals surface area contributed by atoms with Gasteiger partial charge >= 0.3 is 6.36 Å². The van der Waals surface area contributed by atoms with E-state index in [-0.39, 0.29) is 29.8 Å². The van der Waals surface area contributed by atoms with Gasteiger partial charge < -0.3 is 15.8 Å². The van der Waals surface area contributed by atoms with Gasteiger partial charge in [-0.05, 0) is 24.5 Å². The van der Waals surface area contributed by atoms with E-state index in [0.717, 1.165) is 12.1 Å². The number of hydrogen-bond donors (Lipinski definition) is 2. The van der Waals surface area contributed by atoms with Gasteiger partial charge in [0.05, 0.1) is 5.92 Å². The number of alkyl halides is 3. The first-order valence-electron chi connectivity index (χ1n) is 6.58. The largest absolute Gasteiger partial charge is 0.573 e. The predicted molar refractivity (Wildman–Crippen MR) is 73.8 cm³/mol. The Kier molecular flexibility index (Phi) is 6.02. The van der Waals surface area contributed by atoms with Crippen molar-refractivity contribution < 1.29 is 22.7 Å². The summed E-state index contributed by atoms with van der Waals surface area (Å²) in [6.45, 7) is 4.12. The van der Waals surface area contributed by atoms with Crippen LogP contribution in [0, 0.1) is 11.8 Å². The summed E-state index contributed by atoms with van der Waals surface area (Å²) in [4.78, 5) is 12.0. The van der Waals surface area contributed by atoms with E-state index < -0.39 is 6.36 Å². The minimum atomic E-state index is -4.76. The van der Waals surface area contributed by atoms with Gasteiger partial charge in [-0.15, -0.1) is 13.2 Å². The van der Waals surface area contributed by atoms with Gasteiger partial charge in [0.15, 0.2) is 0 Å². The number of anilines is 1. The zero-order valence-corrected chi connectivity index (χ0v) is 11.9. The molecule has 1 aromatic carbocycles. The number of amides is 1. The first-order chi connectivity index (χ1) is 9.71. The molecule has 0 aliphatic carbocycles. The van der Waals surface area contributed by atoms with Gasteiger partial charge in [-0.1, -0.05) is 19.9 Å². The highest BCUT2D eigenvalue weighted by atomic mass is 19.4. The van der Waals surface area contributed by atoms with Crippen molar-refractivity contribution in [3.8, 4) is 5.75 Å². The third-order valence-corrected chi connectivity index (χ3v) is 2.75. The molecule has 0 radical (unpaired) electrons. The molecule has 1 atom stereocenters. The summed E-state index contributed by atoms with van der Waals surface area (Å²) in [6.07, 6.45) is -4.15. The van der Waals surface area contributed by atoms with Gasteiger partial charge in [0.25, 0.3) is 0 Å². The molecular formula is C14H19F3N2O2. The number of rotatable bonds is 6. The van der Waals surface area contributed by atoms with Crippen molar-refractivity contribution in [3.05, 3.63) is 24.3 Å². The Morgan fingerprint density at radius 3 is 2.57 bits per heavy atom. The van der Waals surface area contributed by atoms with Crippen LogP contribution < -0.4 is 15.8 Å². The van der Waals surface area contributed by atoms with Crippen molar-refractivity contribution in [1.82, 2.24) is 0 Å². The molecule has 0 fully saturated rings. The van der Waals surface area contributed by atoms with Crippen molar-refractivity contribution >= 4 is 11.6 Å². The van der Waals surface area contributed by atoms with Crippen LogP contribution in [0.1, 0.15) is 20.3 Å². The Labute approximate surface area is 121 Å². The molecule has 0 heterocycles. The highest BCUT2D eigenvalue weighted by molar-refractivity contribution is 5.92. The Hall–Kier alpha value is -1.76. The Balaban J connectivity index is 2.74. The number of carbonyl (C=O) groups is 1. The van der Waals surface area contributed by atoms with Crippen LogP contribution in [0.4, 0.5) is 18.9 Å². The van der Waals surface area contributed by atoms with Crippen LogP contribution in [-0.4, -0.2) is 18.8 Å². The zero-order valence-electron chi connectivity index (χ0n) is 11.9. The molecule has 4 nitrogen and oxygen atoms in total. The molecule has 1 rings (SSSR count). The maximum absolute atomic E-state index is 12.1. The summed E-state index contributed by atoms with van der Waals surface area (Å²) >= 11 is 0. The maximum atomic E-state index is 12.1. The van der Waals surface area contributed by atoms with E-state index in [9.17, 15) is 18.0 Å². The van der Waals surface area contributed by atoms with E-state index in [1.807, 2.05) is 13.8 Å². The Morgan fingerprint density at radius 1 is 1.38 bits per heavy atom. The van der Waals surface area contributed by atoms with Gasteiger partial charge in [0, 0.05) is 18.3 Å². The second-order valence-electron chi connectivity index (χ2n) is 5.13. The molecular weight excluding hydrogens is 285 g/mol. The molecule has 3 N–H and O–H groups in total. The topological polar surface area (TPSA) is 64.4 Å². The molecule has 1 aromatic rings. The number of benzene rings is 1. The Bertz CT molecular complexity index is 476. The molecule has 0 aromatic heterocycles. The lowest BCUT2D eigenvalue weighted by atomic mass is 9.96. The first kappa shape index (κ1) is 17.3. The monoisotopic (exact) mass is 304 g/mol. The third kappa shape index (κ3) is 6.48. The van der Waals surface area contributed by atoms with Gasteiger partial charge in [0.2, 0.25) is 5.91 Å². The molecule has 7 heteroatoms. The number of hydrogen-bond acceptors (Lipinski definition) is 3. The lowest BCUT2D eigenvalue weighted by molar-refractivity contribution is -0.274. The highest BCUT2D eigenvalue weighted by Crippen LogP contribution is 2.25. The van der Waals surface area contributed by atoms with E-state index in [4.69, 9.17) is 5.73 Å². The summed E-state index contributed by atoms with van der Waals surface area (Å²) in [6, 6.07) is 5.15. The normalized spacial score (nSPS) is 13.1. The number of carbonyl (C=O) groups excluding carboxylic acids is 1. The van der Waals surface area contributed by atoms with Crippen LogP contribution >= 0.6 is 0 Å². The van der Waals surface area contributed by atoms with E-state index >= 15 is 0 Å². The second kappa shape index (κ2) is 7.31. The number of ether oxygens (including phenoxy) is 1. The van der Waals surface area contributed by atoms with Gasteiger partial charge in [0.1, 0.15) is 5.75 Å². The fraction of sp³-hybridized carbons (Fsp3) is 0.500. The van der Waals surface area contributed by atoms with Crippen molar-refractivity contribution in [2.75, 3.05) is 11.9 Å². The van der Waals surface area contributed by atoms with E-state index in [0.29, 0.717) is 12.3 Å². The van der Waals surface area contributed by atoms with Crippen molar-refractivity contribution in [1.29, 1.82) is 0 Å². The van der Waals surface area contributed by atoms with E-state index in [1.54, 1.807) is 0 Å². The van der Waals surface area contributed by atoms with Crippen LogP contribution in [0.3, 0.4) is 0 Å². The highest BCUT2D eigenvalue weighted by Gasteiger charge is 2.31. The molecule has 0 aliphatic heterocycles. The molecule has 118 valence electrons. The second-order valence-corrected chi connectivity index (χ2v) is 5.13. The first-order valence-corrected chi connectivity index (χ1v) is 6.58. The molecule has 0 aliphatic rings. The molecule has 0 bridgehead atoms. The zero-order chi connectivity index (χ0) is 16.0. The fourth-order valence-corrected chi connectivity index (χ4v) is 1.89. The summed E-state index contributed by atoms with van der Waals surface area (Å²) in [5.41, 5.74) is 5.79. The summed E-state index contributed by atoms with van der Waals surface area (Å²) in [5, 5.41) is 2.56. The SMILES string of the molecule is CC(C)CC(CN)C(=O)Nc1cccc(OC(F)(F)F)c1. The van der Waals surface area contributed by atoms with Gasteiger partial charge in [-0.2, -0.15) is 0 Å². The van der Waals surface area contributed by atoms with Crippen LogP contribution in [0.5, 0.6) is 5.75 Å². The predicted octanol–water partition coefficient (Wildman–Crippen LogP) is 3.14. The molecule has 0 saturated carbocycles. The van der Waals surface area contributed by atoms with E-state index in [1.165, 1.54) is 12.1 Å². The minimum absolute atomic E-state index is 0.183. The minimum Gasteiger partial charge on any atom is -0.406 e. The van der Waals surface area contributed by atoms with Crippen LogP contribution in [-0.2, 0) is 4.79 Å². The van der Waals surface area contributed by atoms with Gasteiger partial charge in [-0.3, -0.25) is 4.79 Å². The standard InChI is InChI=1S/C14H19F3N2O2/c1-9(2)6-10(8-18)13(20)19-11-4-3-5-12(7-11)21-14(15,16)17/h3-5,7,9-10H,6,8,18H2,1-2H3,(H,19,20). The molecule has 1 amide bonds. The number of nitrogens with two attached hydrogens (primary N) is 1. The maximum Gasteiger partial charge on any atom is 0.573 e. The van der Waals surface area contributed by atoms with Crippen LogP contribution in [0.25, 0.3) is 0 Å². The molecule has 21 heavy (non-hydrogen) atoms. The van der Waals surface area contributed by atoms with Crippen LogP contribution in [0.2, 0.25) is 0 Å². The summed E-state index contributed by atoms with van der Waals surface area (Å²) in [5.74, 6) is -0.773. The average molecular weight is 304 g/mol. The van der Waals surface area contributed by atoms with Crippen molar-refractivity contribution in [3.63, 3.8) is 0 Å². The molecule has 1 unspecified atom stereocenters. The fourth-order valence-electron chi connectivity index (χ4n) is 1.89. The molecule has 0 spiro atoms. The lowest BCUT2D eigenvalue weighted by Crippen LogP contribution is -2.30. The summed E-state index contributed by atoms with van der Waals surface area (Å²) < 4.78 is 40.2. The smallest absolute Gasteiger partial charge is 0.406 e. The lowest BCUT2D eigenvalue weighted by Gasteiger charge is -2.17. The Morgan fingerprint density at radius 2 is 2.05 bits per heavy atom. The summed E-state index contributed by atoms with van der Waals surface area (Å²) in [7, 11) is 0. The molecule has 0 saturated heterocycles. The quantitative estimate of drug-likeness (QED) is 0.848. The number of halogens is 3. The van der Waals surface area contributed by atoms with Crippen molar-refractivity contribution in [2.45, 2.75) is 26.6 Å². The average Bonchev–Trinajstić information content (AvgIpc) is 2.33. The van der Waals surface area contributed by atoms with E-state index in [2.05, 4.69) is 10.1 Å². The van der Waals surface area contributed by atoms with Gasteiger partial charge in [-0.25, -0.2) is 0 Å². The van der Waals surface area contributed by atoms with Crippen LogP contribution in [0.15, 0.2) is 24.3 Å².